The van der Waals surface area contributed by atoms with E-state index in [0.717, 1.165) is 40.5 Å². The maximum atomic E-state index is 10.2. The molecule has 0 aliphatic rings. The highest BCUT2D eigenvalue weighted by Gasteiger charge is 2.22. The highest BCUT2D eigenvalue weighted by Crippen LogP contribution is 2.33. The van der Waals surface area contributed by atoms with Crippen molar-refractivity contribution in [3.05, 3.63) is 90.6 Å². The molecule has 0 fully saturated rings. The van der Waals surface area contributed by atoms with E-state index >= 15 is 0 Å². The first-order valence-corrected chi connectivity index (χ1v) is 9.42. The number of rotatable bonds is 6. The highest BCUT2D eigenvalue weighted by atomic mass is 16.3. The monoisotopic (exact) mass is 370 g/mol. The quantitative estimate of drug-likeness (QED) is 0.554. The maximum absolute atomic E-state index is 10.2. The van der Waals surface area contributed by atoms with E-state index in [4.69, 9.17) is 9.97 Å². The van der Waals surface area contributed by atoms with Crippen molar-refractivity contribution < 1.29 is 5.11 Å². The van der Waals surface area contributed by atoms with Gasteiger partial charge in [0.2, 0.25) is 0 Å². The zero-order valence-corrected chi connectivity index (χ0v) is 15.7. The third-order valence-corrected chi connectivity index (χ3v) is 4.80. The van der Waals surface area contributed by atoms with Gasteiger partial charge in [0, 0.05) is 18.2 Å². The van der Waals surface area contributed by atoms with Crippen molar-refractivity contribution in [1.82, 2.24) is 19.5 Å². The molecular formula is C23H22N4O. The van der Waals surface area contributed by atoms with Crippen molar-refractivity contribution in [3.8, 4) is 22.6 Å². The molecule has 0 unspecified atom stereocenters. The summed E-state index contributed by atoms with van der Waals surface area (Å²) in [5.74, 6) is 0.782. The van der Waals surface area contributed by atoms with Crippen LogP contribution in [0.1, 0.15) is 24.4 Å². The lowest BCUT2D eigenvalue weighted by atomic mass is 10.0. The smallest absolute Gasteiger partial charge is 0.128 e. The average molecular weight is 370 g/mol. The molecule has 140 valence electrons. The second-order valence-electron chi connectivity index (χ2n) is 6.54. The van der Waals surface area contributed by atoms with Gasteiger partial charge in [-0.15, -0.1) is 0 Å². The minimum atomic E-state index is -0.249. The number of aromatic nitrogens is 4. The van der Waals surface area contributed by atoms with E-state index in [9.17, 15) is 5.11 Å². The Labute approximate surface area is 164 Å². The van der Waals surface area contributed by atoms with Crippen molar-refractivity contribution in [2.45, 2.75) is 19.4 Å². The number of nitrogens with zero attached hydrogens (tertiary/aromatic N) is 4. The zero-order chi connectivity index (χ0) is 19.3. The molecule has 0 amide bonds. The van der Waals surface area contributed by atoms with Crippen LogP contribution in [0, 0.1) is 0 Å². The van der Waals surface area contributed by atoms with Crippen molar-refractivity contribution in [2.24, 2.45) is 0 Å². The normalized spacial score (nSPS) is 12.1. The number of aliphatic hydroxyl groups is 1. The highest BCUT2D eigenvalue weighted by molar-refractivity contribution is 5.77. The molecule has 1 N–H and O–H groups in total. The number of hydrogen-bond acceptors (Lipinski definition) is 4. The molecule has 0 aliphatic heterocycles. The van der Waals surface area contributed by atoms with Crippen molar-refractivity contribution >= 4 is 0 Å². The Hall–Kier alpha value is -3.31. The van der Waals surface area contributed by atoms with Crippen LogP contribution >= 0.6 is 0 Å². The SMILES string of the molecule is CCc1nccc(-c2c(-c3ccccc3)ncn2[C@H](CO)c2ccccc2)n1. The molecule has 2 heterocycles. The van der Waals surface area contributed by atoms with Crippen LogP contribution < -0.4 is 0 Å². The van der Waals surface area contributed by atoms with Crippen molar-refractivity contribution in [1.29, 1.82) is 0 Å². The molecule has 2 aromatic carbocycles. The van der Waals surface area contributed by atoms with E-state index < -0.39 is 0 Å². The van der Waals surface area contributed by atoms with Crippen LogP contribution in [-0.2, 0) is 6.42 Å². The lowest BCUT2D eigenvalue weighted by Gasteiger charge is -2.20. The van der Waals surface area contributed by atoms with Gasteiger partial charge < -0.3 is 9.67 Å². The molecule has 2 aromatic heterocycles. The van der Waals surface area contributed by atoms with E-state index in [1.54, 1.807) is 12.5 Å². The van der Waals surface area contributed by atoms with Crippen LogP contribution in [0.4, 0.5) is 0 Å². The summed E-state index contributed by atoms with van der Waals surface area (Å²) in [6, 6.07) is 21.7. The van der Waals surface area contributed by atoms with Crippen LogP contribution in [0.3, 0.4) is 0 Å². The first-order chi connectivity index (χ1) is 13.8. The van der Waals surface area contributed by atoms with Crippen molar-refractivity contribution in [3.63, 3.8) is 0 Å². The van der Waals surface area contributed by atoms with Gasteiger partial charge in [-0.3, -0.25) is 0 Å². The molecule has 0 radical (unpaired) electrons. The van der Waals surface area contributed by atoms with E-state index in [-0.39, 0.29) is 12.6 Å². The summed E-state index contributed by atoms with van der Waals surface area (Å²) in [6.07, 6.45) is 4.33. The van der Waals surface area contributed by atoms with Gasteiger partial charge in [-0.2, -0.15) is 0 Å². The summed E-state index contributed by atoms with van der Waals surface area (Å²) in [5.41, 5.74) is 4.56. The topological polar surface area (TPSA) is 63.8 Å². The first-order valence-electron chi connectivity index (χ1n) is 9.42. The first kappa shape index (κ1) is 18.1. The summed E-state index contributed by atoms with van der Waals surface area (Å²) >= 11 is 0. The second-order valence-corrected chi connectivity index (χ2v) is 6.54. The summed E-state index contributed by atoms with van der Waals surface area (Å²) in [6.45, 7) is 2.00. The van der Waals surface area contributed by atoms with Crippen molar-refractivity contribution in [2.75, 3.05) is 6.61 Å². The van der Waals surface area contributed by atoms with Gasteiger partial charge in [0.15, 0.2) is 0 Å². The van der Waals surface area contributed by atoms with Gasteiger partial charge >= 0.3 is 0 Å². The Morgan fingerprint density at radius 1 is 0.929 bits per heavy atom. The molecule has 0 aliphatic carbocycles. The molecule has 4 aromatic rings. The zero-order valence-electron chi connectivity index (χ0n) is 15.7. The summed E-state index contributed by atoms with van der Waals surface area (Å²) in [5, 5.41) is 10.2. The predicted molar refractivity (Wildman–Crippen MR) is 110 cm³/mol. The van der Waals surface area contributed by atoms with E-state index in [1.807, 2.05) is 78.2 Å². The Kier molecular flexibility index (Phi) is 5.26. The van der Waals surface area contributed by atoms with Gasteiger partial charge in [-0.25, -0.2) is 15.0 Å². The summed E-state index contributed by atoms with van der Waals surface area (Å²) in [7, 11) is 0. The molecule has 28 heavy (non-hydrogen) atoms. The number of benzene rings is 2. The third kappa shape index (κ3) is 3.44. The summed E-state index contributed by atoms with van der Waals surface area (Å²) < 4.78 is 2.01. The molecule has 0 spiro atoms. The molecule has 4 rings (SSSR count). The molecule has 0 saturated carbocycles. The lowest BCUT2D eigenvalue weighted by Crippen LogP contribution is -2.15. The molecular weight excluding hydrogens is 348 g/mol. The minimum Gasteiger partial charge on any atom is -0.394 e. The largest absolute Gasteiger partial charge is 0.394 e. The fraction of sp³-hybridized carbons (Fsp3) is 0.174. The van der Waals surface area contributed by atoms with E-state index in [2.05, 4.69) is 4.98 Å². The maximum Gasteiger partial charge on any atom is 0.128 e. The number of imidazole rings is 1. The third-order valence-electron chi connectivity index (χ3n) is 4.80. The van der Waals surface area contributed by atoms with Crippen LogP contribution in [-0.4, -0.2) is 31.2 Å². The lowest BCUT2D eigenvalue weighted by molar-refractivity contribution is 0.250. The Balaban J connectivity index is 1.93. The number of hydrogen-bond donors (Lipinski definition) is 1. The molecule has 0 bridgehead atoms. The molecule has 5 heteroatoms. The van der Waals surface area contributed by atoms with Crippen LogP contribution in [0.2, 0.25) is 0 Å². The Morgan fingerprint density at radius 2 is 1.64 bits per heavy atom. The standard InChI is InChI=1S/C23H22N4O/c1-2-21-24-14-13-19(26-21)23-22(18-11-7-4-8-12-18)25-16-27(23)20(15-28)17-9-5-3-6-10-17/h3-14,16,20,28H,2,15H2,1H3/t20-/m1/s1. The van der Waals surface area contributed by atoms with Crippen LogP contribution in [0.25, 0.3) is 22.6 Å². The Morgan fingerprint density at radius 3 is 2.32 bits per heavy atom. The fourth-order valence-corrected chi connectivity index (χ4v) is 3.39. The number of aliphatic hydroxyl groups excluding tert-OH is 1. The molecule has 5 nitrogen and oxygen atoms in total. The van der Waals surface area contributed by atoms with Gasteiger partial charge in [-0.1, -0.05) is 67.6 Å². The van der Waals surface area contributed by atoms with Crippen LogP contribution in [0.5, 0.6) is 0 Å². The second kappa shape index (κ2) is 8.15. The predicted octanol–water partition coefficient (Wildman–Crippen LogP) is 4.15. The van der Waals surface area contributed by atoms with Crippen LogP contribution in [0.15, 0.2) is 79.3 Å². The van der Waals surface area contributed by atoms with E-state index in [1.165, 1.54) is 0 Å². The number of aryl methyl sites for hydroxylation is 1. The molecule has 1 atom stereocenters. The summed E-state index contributed by atoms with van der Waals surface area (Å²) in [4.78, 5) is 13.8. The van der Waals surface area contributed by atoms with Gasteiger partial charge in [0.25, 0.3) is 0 Å². The van der Waals surface area contributed by atoms with Gasteiger partial charge in [0.05, 0.1) is 36.1 Å². The van der Waals surface area contributed by atoms with E-state index in [0.29, 0.717) is 0 Å². The fourth-order valence-electron chi connectivity index (χ4n) is 3.39. The van der Waals surface area contributed by atoms with Gasteiger partial charge in [-0.05, 0) is 11.6 Å². The van der Waals surface area contributed by atoms with Gasteiger partial charge in [0.1, 0.15) is 5.82 Å². The average Bonchev–Trinajstić information content (AvgIpc) is 3.20. The molecule has 0 saturated heterocycles. The Bertz CT molecular complexity index is 1040. The minimum absolute atomic E-state index is 0.0344.